The zero-order valence-electron chi connectivity index (χ0n) is 19.2. The van der Waals surface area contributed by atoms with Crippen molar-refractivity contribution in [2.45, 2.75) is 25.3 Å². The molecule has 2 heterocycles. The van der Waals surface area contributed by atoms with E-state index in [1.807, 2.05) is 32.2 Å². The van der Waals surface area contributed by atoms with E-state index in [1.165, 1.54) is 0 Å². The van der Waals surface area contributed by atoms with Gasteiger partial charge in [0.1, 0.15) is 30.0 Å². The van der Waals surface area contributed by atoms with E-state index in [-0.39, 0.29) is 11.3 Å². The standard InChI is InChI=1S/C23H28N2O6S/c1-7-25-22-16(9-8-14(2)24-22)19(26)21(23(25)27)32(6)11-10-31-15-12-17(28-3)20(30-5)18(13-15)29-4/h8-9,12-13H,7,10-11H2,1-6H3/p+1. The monoisotopic (exact) mass is 461 g/mol. The number of fused-ring (bicyclic) bond motifs is 1. The summed E-state index contributed by atoms with van der Waals surface area (Å²) >= 11 is 0. The van der Waals surface area contributed by atoms with Crippen molar-refractivity contribution in [1.29, 1.82) is 0 Å². The first-order valence-electron chi connectivity index (χ1n) is 10.1. The van der Waals surface area contributed by atoms with Gasteiger partial charge < -0.3 is 24.1 Å². The molecule has 0 saturated heterocycles. The van der Waals surface area contributed by atoms with Crippen LogP contribution in [0.4, 0.5) is 0 Å². The Morgan fingerprint density at radius 2 is 1.75 bits per heavy atom. The number of hydrogen-bond donors (Lipinski definition) is 1. The Kier molecular flexibility index (Phi) is 7.40. The fourth-order valence-corrected chi connectivity index (χ4v) is 4.90. The second-order valence-corrected chi connectivity index (χ2v) is 9.19. The van der Waals surface area contributed by atoms with E-state index in [1.54, 1.807) is 38.0 Å². The first-order valence-corrected chi connectivity index (χ1v) is 11.9. The molecule has 0 aliphatic carbocycles. The van der Waals surface area contributed by atoms with E-state index >= 15 is 0 Å². The van der Waals surface area contributed by atoms with Gasteiger partial charge >= 0.3 is 5.56 Å². The molecule has 1 aromatic carbocycles. The fraction of sp³-hybridized carbons (Fsp3) is 0.391. The topological polar surface area (TPSA) is 92.0 Å². The van der Waals surface area contributed by atoms with E-state index in [0.29, 0.717) is 57.8 Å². The summed E-state index contributed by atoms with van der Waals surface area (Å²) in [6.45, 7) is 4.57. The van der Waals surface area contributed by atoms with Gasteiger partial charge in [-0.05, 0) is 26.0 Å². The van der Waals surface area contributed by atoms with Crippen LogP contribution in [0.15, 0.2) is 34.0 Å². The van der Waals surface area contributed by atoms with Crippen molar-refractivity contribution < 1.29 is 24.1 Å². The predicted octanol–water partition coefficient (Wildman–Crippen LogP) is 3.14. The van der Waals surface area contributed by atoms with Crippen LogP contribution in [0.5, 0.6) is 28.7 Å². The Bertz CT molecular complexity index is 1150. The number of methoxy groups -OCH3 is 3. The Hall–Kier alpha value is -3.07. The number of ether oxygens (including phenoxy) is 4. The van der Waals surface area contributed by atoms with E-state index in [0.717, 1.165) is 5.69 Å². The first kappa shape index (κ1) is 23.6. The van der Waals surface area contributed by atoms with Gasteiger partial charge in [-0.1, -0.05) is 0 Å². The molecule has 0 bridgehead atoms. The molecule has 1 unspecified atom stereocenters. The summed E-state index contributed by atoms with van der Waals surface area (Å²) in [5.41, 5.74) is 1.08. The number of pyridine rings is 2. The third-order valence-electron chi connectivity index (χ3n) is 5.14. The van der Waals surface area contributed by atoms with Crippen LogP contribution >= 0.6 is 0 Å². The summed E-state index contributed by atoms with van der Waals surface area (Å²) < 4.78 is 23.6. The van der Waals surface area contributed by atoms with Crippen LogP contribution in [-0.4, -0.2) is 54.6 Å². The van der Waals surface area contributed by atoms with E-state index in [9.17, 15) is 9.90 Å². The van der Waals surface area contributed by atoms with Gasteiger partial charge in [0.2, 0.25) is 5.75 Å². The van der Waals surface area contributed by atoms with E-state index < -0.39 is 10.9 Å². The summed E-state index contributed by atoms with van der Waals surface area (Å²) in [7, 11) is 4.08. The van der Waals surface area contributed by atoms with Gasteiger partial charge in [0.25, 0.3) is 4.90 Å². The predicted molar refractivity (Wildman–Crippen MR) is 126 cm³/mol. The fourth-order valence-electron chi connectivity index (χ4n) is 3.51. The van der Waals surface area contributed by atoms with Gasteiger partial charge in [-0.15, -0.1) is 0 Å². The normalized spacial score (nSPS) is 11.9. The molecule has 8 nitrogen and oxygen atoms in total. The number of aromatic hydroxyl groups is 1. The van der Waals surface area contributed by atoms with Crippen LogP contribution in [0.1, 0.15) is 12.6 Å². The molecule has 0 saturated carbocycles. The van der Waals surface area contributed by atoms with Crippen molar-refractivity contribution in [3.05, 3.63) is 40.3 Å². The molecule has 1 N–H and O–H groups in total. The second kappa shape index (κ2) is 10.0. The van der Waals surface area contributed by atoms with Crippen molar-refractivity contribution in [3.8, 4) is 28.7 Å². The van der Waals surface area contributed by atoms with E-state index in [4.69, 9.17) is 18.9 Å². The third kappa shape index (κ3) is 4.43. The van der Waals surface area contributed by atoms with Gasteiger partial charge in [-0.2, -0.15) is 0 Å². The highest BCUT2D eigenvalue weighted by Crippen LogP contribution is 2.40. The molecular weight excluding hydrogens is 432 g/mol. The quantitative estimate of drug-likeness (QED) is 0.490. The number of benzene rings is 1. The van der Waals surface area contributed by atoms with Gasteiger partial charge in [-0.3, -0.25) is 9.36 Å². The molecule has 0 radical (unpaired) electrons. The van der Waals surface area contributed by atoms with Crippen molar-refractivity contribution in [2.24, 2.45) is 0 Å². The first-order chi connectivity index (χ1) is 15.4. The summed E-state index contributed by atoms with van der Waals surface area (Å²) in [5.74, 6) is 2.60. The highest BCUT2D eigenvalue weighted by molar-refractivity contribution is 7.96. The lowest BCUT2D eigenvalue weighted by Crippen LogP contribution is -2.28. The van der Waals surface area contributed by atoms with Crippen molar-refractivity contribution >= 4 is 21.9 Å². The number of nitrogens with zero attached hydrogens (tertiary/aromatic N) is 2. The zero-order chi connectivity index (χ0) is 23.4. The minimum absolute atomic E-state index is 0.000759. The molecule has 0 aliphatic rings. The minimum Gasteiger partial charge on any atom is -0.503 e. The number of hydrogen-bond acceptors (Lipinski definition) is 7. The minimum atomic E-state index is -0.547. The van der Waals surface area contributed by atoms with E-state index in [2.05, 4.69) is 4.98 Å². The molecule has 172 valence electrons. The highest BCUT2D eigenvalue weighted by atomic mass is 32.2. The molecular formula is C23H29N2O6S+. The van der Waals surface area contributed by atoms with Crippen LogP contribution < -0.4 is 24.5 Å². The molecule has 2 aromatic heterocycles. The molecule has 3 aromatic rings. The zero-order valence-corrected chi connectivity index (χ0v) is 20.0. The molecule has 0 fully saturated rings. The molecule has 1 atom stereocenters. The number of aryl methyl sites for hydroxylation is 2. The smallest absolute Gasteiger partial charge is 0.311 e. The Labute approximate surface area is 190 Å². The van der Waals surface area contributed by atoms with Gasteiger partial charge in [0.15, 0.2) is 17.2 Å². The maximum Gasteiger partial charge on any atom is 0.311 e. The van der Waals surface area contributed by atoms with Gasteiger partial charge in [-0.25, -0.2) is 4.98 Å². The Balaban J connectivity index is 1.85. The van der Waals surface area contributed by atoms with Crippen LogP contribution in [0.3, 0.4) is 0 Å². The van der Waals surface area contributed by atoms with Gasteiger partial charge in [0.05, 0.1) is 26.7 Å². The molecule has 9 heteroatoms. The molecule has 0 spiro atoms. The summed E-state index contributed by atoms with van der Waals surface area (Å²) in [4.78, 5) is 18.0. The highest BCUT2D eigenvalue weighted by Gasteiger charge is 2.29. The van der Waals surface area contributed by atoms with Crippen molar-refractivity contribution in [3.63, 3.8) is 0 Å². The summed E-state index contributed by atoms with van der Waals surface area (Å²) in [6, 6.07) is 7.09. The molecule has 0 aliphatic heterocycles. The average molecular weight is 462 g/mol. The lowest BCUT2D eigenvalue weighted by Gasteiger charge is -2.15. The third-order valence-corrected chi connectivity index (χ3v) is 6.98. The molecule has 0 amide bonds. The largest absolute Gasteiger partial charge is 0.503 e. The van der Waals surface area contributed by atoms with Crippen LogP contribution in [0.2, 0.25) is 0 Å². The second-order valence-electron chi connectivity index (χ2n) is 7.10. The summed E-state index contributed by atoms with van der Waals surface area (Å²) in [5, 5.41) is 11.5. The SMILES string of the molecule is CCn1c(=O)c([S+](C)CCOc2cc(OC)c(OC)c(OC)c2)c(O)c2ccc(C)nc21. The van der Waals surface area contributed by atoms with Crippen LogP contribution in [-0.2, 0) is 17.4 Å². The molecule has 3 rings (SSSR count). The van der Waals surface area contributed by atoms with Crippen LogP contribution in [0.25, 0.3) is 11.0 Å². The summed E-state index contributed by atoms with van der Waals surface area (Å²) in [6.07, 6.45) is 1.93. The Morgan fingerprint density at radius 3 is 2.31 bits per heavy atom. The number of rotatable bonds is 9. The maximum absolute atomic E-state index is 13.1. The lowest BCUT2D eigenvalue weighted by molar-refractivity contribution is 0.309. The van der Waals surface area contributed by atoms with Crippen molar-refractivity contribution in [2.75, 3.05) is 39.9 Å². The molecule has 32 heavy (non-hydrogen) atoms. The number of aromatic nitrogens is 2. The average Bonchev–Trinajstić information content (AvgIpc) is 2.78. The van der Waals surface area contributed by atoms with Crippen LogP contribution in [0, 0.1) is 6.92 Å². The van der Waals surface area contributed by atoms with Gasteiger partial charge in [0, 0.05) is 35.3 Å². The van der Waals surface area contributed by atoms with Crippen molar-refractivity contribution in [1.82, 2.24) is 9.55 Å². The maximum atomic E-state index is 13.1. The lowest BCUT2D eigenvalue weighted by atomic mass is 10.2. The Morgan fingerprint density at radius 1 is 1.09 bits per heavy atom.